The molecule has 0 aliphatic carbocycles. The molecular formula is C21H19FN2O3. The quantitative estimate of drug-likeness (QED) is 0.837. The van der Waals surface area contributed by atoms with Crippen LogP contribution in [0, 0.1) is 11.3 Å². The van der Waals surface area contributed by atoms with Gasteiger partial charge in [0.15, 0.2) is 6.10 Å². The summed E-state index contributed by atoms with van der Waals surface area (Å²) in [7, 11) is 0. The highest BCUT2D eigenvalue weighted by molar-refractivity contribution is 5.98. The van der Waals surface area contributed by atoms with Crippen molar-refractivity contribution in [1.29, 1.82) is 5.26 Å². The molecule has 2 aliphatic rings. The number of epoxide rings is 1. The summed E-state index contributed by atoms with van der Waals surface area (Å²) in [5, 5.41) is 12.4. The monoisotopic (exact) mass is 366 g/mol. The van der Waals surface area contributed by atoms with Crippen molar-refractivity contribution >= 4 is 11.6 Å². The molecule has 0 radical (unpaired) electrons. The van der Waals surface area contributed by atoms with Gasteiger partial charge in [-0.3, -0.25) is 4.79 Å². The van der Waals surface area contributed by atoms with Crippen LogP contribution in [-0.4, -0.2) is 25.2 Å². The fourth-order valence-electron chi connectivity index (χ4n) is 3.28. The third-order valence-corrected chi connectivity index (χ3v) is 4.85. The highest BCUT2D eigenvalue weighted by atomic mass is 19.1. The van der Waals surface area contributed by atoms with E-state index in [1.165, 1.54) is 13.8 Å². The van der Waals surface area contributed by atoms with Gasteiger partial charge in [0, 0.05) is 17.5 Å². The Morgan fingerprint density at radius 1 is 1.33 bits per heavy atom. The molecule has 2 heterocycles. The number of rotatable bonds is 4. The number of carbonyl (C=O) groups is 1. The van der Waals surface area contributed by atoms with Gasteiger partial charge in [0.2, 0.25) is 0 Å². The van der Waals surface area contributed by atoms with Crippen LogP contribution >= 0.6 is 0 Å². The summed E-state index contributed by atoms with van der Waals surface area (Å²) in [6.45, 7) is 3.90. The number of alkyl halides is 1. The molecule has 1 N–H and O–H groups in total. The summed E-state index contributed by atoms with van der Waals surface area (Å²) in [6.07, 6.45) is 0.153. The number of nitrogens with one attached hydrogen (secondary N) is 1. The summed E-state index contributed by atoms with van der Waals surface area (Å²) in [6, 6.07) is 11.1. The second kappa shape index (κ2) is 6.36. The molecule has 1 atom stereocenters. The SMILES string of the molecule is CC(C)(F)c1ccc(-c2cc(NC(=O)[C@H]3CO3)c(C#N)c3c2OCC3)cc1. The lowest BCUT2D eigenvalue weighted by Crippen LogP contribution is -2.19. The number of anilines is 1. The number of amides is 1. The minimum absolute atomic E-state index is 0.258. The Morgan fingerprint density at radius 3 is 2.63 bits per heavy atom. The molecule has 0 bridgehead atoms. The maximum atomic E-state index is 14.1. The zero-order valence-electron chi connectivity index (χ0n) is 15.1. The van der Waals surface area contributed by atoms with E-state index in [-0.39, 0.29) is 5.91 Å². The summed E-state index contributed by atoms with van der Waals surface area (Å²) < 4.78 is 24.9. The molecule has 138 valence electrons. The fraction of sp³-hybridized carbons (Fsp3) is 0.333. The third kappa shape index (κ3) is 3.26. The molecule has 6 heteroatoms. The molecule has 0 aromatic heterocycles. The van der Waals surface area contributed by atoms with Crippen LogP contribution in [-0.2, 0) is 21.6 Å². The van der Waals surface area contributed by atoms with Crippen molar-refractivity contribution in [2.45, 2.75) is 32.0 Å². The lowest BCUT2D eigenvalue weighted by molar-refractivity contribution is -0.117. The minimum Gasteiger partial charge on any atom is -0.492 e. The zero-order chi connectivity index (χ0) is 19.2. The van der Waals surface area contributed by atoms with E-state index < -0.39 is 11.8 Å². The maximum absolute atomic E-state index is 14.1. The third-order valence-electron chi connectivity index (χ3n) is 4.85. The van der Waals surface area contributed by atoms with Gasteiger partial charge in [-0.05, 0) is 31.0 Å². The zero-order valence-corrected chi connectivity index (χ0v) is 15.1. The fourth-order valence-corrected chi connectivity index (χ4v) is 3.28. The number of hydrogen-bond acceptors (Lipinski definition) is 4. The van der Waals surface area contributed by atoms with E-state index in [1.807, 2.05) is 12.1 Å². The molecule has 4 rings (SSSR count). The van der Waals surface area contributed by atoms with Crippen LogP contribution in [0.1, 0.15) is 30.5 Å². The molecule has 5 nitrogen and oxygen atoms in total. The van der Waals surface area contributed by atoms with Crippen LogP contribution in [0.25, 0.3) is 11.1 Å². The molecule has 1 saturated heterocycles. The van der Waals surface area contributed by atoms with Gasteiger partial charge < -0.3 is 14.8 Å². The van der Waals surface area contributed by atoms with Gasteiger partial charge in [0.25, 0.3) is 5.91 Å². The van der Waals surface area contributed by atoms with Gasteiger partial charge in [-0.15, -0.1) is 0 Å². The van der Waals surface area contributed by atoms with Crippen LogP contribution in [0.15, 0.2) is 30.3 Å². The van der Waals surface area contributed by atoms with Crippen molar-refractivity contribution in [3.05, 3.63) is 47.0 Å². The second-order valence-corrected chi connectivity index (χ2v) is 7.23. The predicted octanol–water partition coefficient (Wildman–Crippen LogP) is 3.70. The van der Waals surface area contributed by atoms with E-state index in [0.717, 1.165) is 16.7 Å². The van der Waals surface area contributed by atoms with E-state index in [1.54, 1.807) is 18.2 Å². The molecule has 27 heavy (non-hydrogen) atoms. The molecular weight excluding hydrogens is 347 g/mol. The summed E-state index contributed by atoms with van der Waals surface area (Å²) in [5.74, 6) is 0.394. The van der Waals surface area contributed by atoms with Crippen LogP contribution in [0.2, 0.25) is 0 Å². The largest absolute Gasteiger partial charge is 0.492 e. The average molecular weight is 366 g/mol. The predicted molar refractivity (Wildman–Crippen MR) is 98.3 cm³/mol. The first kappa shape index (κ1) is 17.5. The van der Waals surface area contributed by atoms with Crippen LogP contribution < -0.4 is 10.1 Å². The summed E-state index contributed by atoms with van der Waals surface area (Å²) >= 11 is 0. The van der Waals surface area contributed by atoms with Crippen molar-refractivity contribution in [1.82, 2.24) is 0 Å². The molecule has 0 saturated carbocycles. The van der Waals surface area contributed by atoms with E-state index >= 15 is 0 Å². The Kier molecular flexibility index (Phi) is 4.12. The number of hydrogen-bond donors (Lipinski definition) is 1. The summed E-state index contributed by atoms with van der Waals surface area (Å²) in [4.78, 5) is 12.1. The van der Waals surface area contributed by atoms with E-state index in [9.17, 15) is 14.4 Å². The van der Waals surface area contributed by atoms with Gasteiger partial charge in [0.05, 0.1) is 24.5 Å². The molecule has 2 aliphatic heterocycles. The lowest BCUT2D eigenvalue weighted by atomic mass is 9.93. The highest BCUT2D eigenvalue weighted by Crippen LogP contribution is 2.43. The second-order valence-electron chi connectivity index (χ2n) is 7.23. The number of fused-ring (bicyclic) bond motifs is 1. The molecule has 0 spiro atoms. The standard InChI is InChI=1S/C21H19FN2O3/c1-21(2,22)13-5-3-12(4-6-13)15-9-17(24-20(25)18-11-27-18)16(10-23)14-7-8-26-19(14)15/h3-6,9,18H,7-8,11H2,1-2H3,(H,24,25)/t18-/m1/s1. The number of nitrogens with zero attached hydrogens (tertiary/aromatic N) is 1. The molecule has 1 fully saturated rings. The highest BCUT2D eigenvalue weighted by Gasteiger charge is 2.33. The van der Waals surface area contributed by atoms with E-state index in [4.69, 9.17) is 9.47 Å². The number of halogens is 1. The Labute approximate surface area is 156 Å². The topological polar surface area (TPSA) is 74.7 Å². The van der Waals surface area contributed by atoms with Crippen LogP contribution in [0.3, 0.4) is 0 Å². The number of ether oxygens (including phenoxy) is 2. The molecule has 0 unspecified atom stereocenters. The van der Waals surface area contributed by atoms with Crippen molar-refractivity contribution in [3.63, 3.8) is 0 Å². The van der Waals surface area contributed by atoms with Crippen molar-refractivity contribution in [2.24, 2.45) is 0 Å². The number of benzene rings is 2. The Bertz CT molecular complexity index is 951. The minimum atomic E-state index is -1.43. The number of nitriles is 1. The normalized spacial score (nSPS) is 17.6. The summed E-state index contributed by atoms with van der Waals surface area (Å²) in [5.41, 5.74) is 2.42. The van der Waals surface area contributed by atoms with Crippen LogP contribution in [0.5, 0.6) is 5.75 Å². The van der Waals surface area contributed by atoms with Gasteiger partial charge in [-0.2, -0.15) is 5.26 Å². The van der Waals surface area contributed by atoms with Crippen molar-refractivity contribution in [2.75, 3.05) is 18.5 Å². The molecule has 2 aromatic rings. The first-order valence-corrected chi connectivity index (χ1v) is 8.83. The number of carbonyl (C=O) groups excluding carboxylic acids is 1. The Balaban J connectivity index is 1.79. The first-order chi connectivity index (χ1) is 12.9. The molecule has 1 amide bonds. The Morgan fingerprint density at radius 2 is 2.04 bits per heavy atom. The Hall–Kier alpha value is -2.91. The lowest BCUT2D eigenvalue weighted by Gasteiger charge is -2.17. The van der Waals surface area contributed by atoms with Gasteiger partial charge >= 0.3 is 0 Å². The van der Waals surface area contributed by atoms with Gasteiger partial charge in [-0.25, -0.2) is 4.39 Å². The van der Waals surface area contributed by atoms with Gasteiger partial charge in [-0.1, -0.05) is 24.3 Å². The first-order valence-electron chi connectivity index (χ1n) is 8.83. The smallest absolute Gasteiger partial charge is 0.255 e. The van der Waals surface area contributed by atoms with E-state index in [2.05, 4.69) is 11.4 Å². The average Bonchev–Trinajstić information content (AvgIpc) is 3.38. The van der Waals surface area contributed by atoms with Crippen molar-refractivity contribution < 1.29 is 18.7 Å². The van der Waals surface area contributed by atoms with E-state index in [0.29, 0.717) is 42.2 Å². The van der Waals surface area contributed by atoms with Crippen molar-refractivity contribution in [3.8, 4) is 22.9 Å². The molecule has 2 aromatic carbocycles. The van der Waals surface area contributed by atoms with Crippen LogP contribution in [0.4, 0.5) is 10.1 Å². The van der Waals surface area contributed by atoms with Gasteiger partial charge in [0.1, 0.15) is 17.5 Å². The maximum Gasteiger partial charge on any atom is 0.255 e.